The highest BCUT2D eigenvalue weighted by Crippen LogP contribution is 2.12. The Hall–Kier alpha value is -1.35. The molecule has 14 heavy (non-hydrogen) atoms. The molecule has 0 aromatic rings. The van der Waals surface area contributed by atoms with Crippen LogP contribution in [0.25, 0.3) is 0 Å². The van der Waals surface area contributed by atoms with Crippen molar-refractivity contribution in [3.8, 4) is 0 Å². The Balaban J connectivity index is 2.73. The van der Waals surface area contributed by atoms with Crippen LogP contribution in [0.3, 0.4) is 0 Å². The number of likely N-dealkylation sites (N-methyl/N-ethyl adjacent to an activating group) is 1. The summed E-state index contributed by atoms with van der Waals surface area (Å²) in [7, 11) is 1.89. The predicted molar refractivity (Wildman–Crippen MR) is 56.1 cm³/mol. The standard InChI is InChI=1S/C11H15NO2/c1-12-8-9-4-2-3-5-10(7-6-9)11(13)14/h2-3,5-6,12H,4,7-8H2,1H3,(H,13,14)/b3-2-,9-6+,10-5+. The van der Waals surface area contributed by atoms with Crippen molar-refractivity contribution in [1.29, 1.82) is 0 Å². The summed E-state index contributed by atoms with van der Waals surface area (Å²) in [6, 6.07) is 0. The molecular weight excluding hydrogens is 178 g/mol. The lowest BCUT2D eigenvalue weighted by Crippen LogP contribution is -2.11. The molecule has 0 atom stereocenters. The maximum atomic E-state index is 10.7. The first kappa shape index (κ1) is 10.7. The van der Waals surface area contributed by atoms with Gasteiger partial charge >= 0.3 is 5.97 Å². The van der Waals surface area contributed by atoms with Gasteiger partial charge in [-0.15, -0.1) is 0 Å². The number of hydrogen-bond acceptors (Lipinski definition) is 2. The van der Waals surface area contributed by atoms with Gasteiger partial charge in [-0.1, -0.05) is 29.9 Å². The Morgan fingerprint density at radius 1 is 1.57 bits per heavy atom. The zero-order chi connectivity index (χ0) is 10.4. The normalized spacial score (nSPS) is 26.4. The van der Waals surface area contributed by atoms with Gasteiger partial charge in [-0.3, -0.25) is 0 Å². The Morgan fingerprint density at radius 3 is 3.00 bits per heavy atom. The molecule has 0 saturated carbocycles. The fraction of sp³-hybridized carbons (Fsp3) is 0.364. The van der Waals surface area contributed by atoms with Crippen molar-refractivity contribution in [2.75, 3.05) is 13.6 Å². The quantitative estimate of drug-likeness (QED) is 0.668. The summed E-state index contributed by atoms with van der Waals surface area (Å²) in [5, 5.41) is 11.9. The van der Waals surface area contributed by atoms with E-state index in [0.717, 1.165) is 13.0 Å². The predicted octanol–water partition coefficient (Wildman–Crippen LogP) is 1.49. The monoisotopic (exact) mass is 193 g/mol. The summed E-state index contributed by atoms with van der Waals surface area (Å²) in [5.41, 5.74) is 1.67. The molecule has 1 aliphatic carbocycles. The highest BCUT2D eigenvalue weighted by Gasteiger charge is 2.06. The number of carbonyl (C=O) groups is 1. The third kappa shape index (κ3) is 3.18. The zero-order valence-corrected chi connectivity index (χ0v) is 8.29. The second kappa shape index (κ2) is 5.40. The molecule has 0 aromatic carbocycles. The zero-order valence-electron chi connectivity index (χ0n) is 8.29. The minimum Gasteiger partial charge on any atom is -0.478 e. The van der Waals surface area contributed by atoms with E-state index in [-0.39, 0.29) is 0 Å². The first-order valence-corrected chi connectivity index (χ1v) is 4.65. The lowest BCUT2D eigenvalue weighted by atomic mass is 10.0. The summed E-state index contributed by atoms with van der Waals surface area (Å²) < 4.78 is 0. The van der Waals surface area contributed by atoms with Crippen molar-refractivity contribution in [3.05, 3.63) is 35.5 Å². The van der Waals surface area contributed by atoms with Crippen molar-refractivity contribution in [2.45, 2.75) is 12.8 Å². The van der Waals surface area contributed by atoms with E-state index < -0.39 is 5.97 Å². The van der Waals surface area contributed by atoms with Crippen LogP contribution in [-0.4, -0.2) is 24.7 Å². The average Bonchev–Trinajstić information content (AvgIpc) is 2.09. The number of hydrogen-bond donors (Lipinski definition) is 2. The molecule has 2 N–H and O–H groups in total. The van der Waals surface area contributed by atoms with E-state index in [4.69, 9.17) is 5.11 Å². The summed E-state index contributed by atoms with van der Waals surface area (Å²) in [6.07, 6.45) is 8.84. The average molecular weight is 193 g/mol. The molecule has 0 radical (unpaired) electrons. The summed E-state index contributed by atoms with van der Waals surface area (Å²) in [4.78, 5) is 10.7. The molecule has 1 aliphatic rings. The molecule has 0 amide bonds. The smallest absolute Gasteiger partial charge is 0.331 e. The van der Waals surface area contributed by atoms with Crippen molar-refractivity contribution in [3.63, 3.8) is 0 Å². The third-order valence-electron chi connectivity index (χ3n) is 2.10. The number of carboxylic acid groups (broad SMARTS) is 1. The van der Waals surface area contributed by atoms with Crippen LogP contribution >= 0.6 is 0 Å². The molecule has 76 valence electrons. The molecule has 0 fully saturated rings. The van der Waals surface area contributed by atoms with Gasteiger partial charge in [-0.25, -0.2) is 4.79 Å². The first-order valence-electron chi connectivity index (χ1n) is 4.65. The van der Waals surface area contributed by atoms with E-state index in [1.807, 2.05) is 25.3 Å². The van der Waals surface area contributed by atoms with Crippen molar-refractivity contribution in [2.24, 2.45) is 0 Å². The van der Waals surface area contributed by atoms with Gasteiger partial charge in [-0.2, -0.15) is 0 Å². The minimum absolute atomic E-state index is 0.439. The Morgan fingerprint density at radius 2 is 2.36 bits per heavy atom. The van der Waals surface area contributed by atoms with Crippen LogP contribution in [0.1, 0.15) is 12.8 Å². The lowest BCUT2D eigenvalue weighted by molar-refractivity contribution is -0.132. The van der Waals surface area contributed by atoms with Gasteiger partial charge in [0, 0.05) is 12.1 Å². The number of carboxylic acids is 1. The van der Waals surface area contributed by atoms with Gasteiger partial charge < -0.3 is 10.4 Å². The second-order valence-corrected chi connectivity index (χ2v) is 3.23. The van der Waals surface area contributed by atoms with E-state index in [1.54, 1.807) is 6.08 Å². The fourth-order valence-electron chi connectivity index (χ4n) is 1.34. The Kier molecular flexibility index (Phi) is 4.13. The molecular formula is C11H15NO2. The topological polar surface area (TPSA) is 49.3 Å². The molecule has 0 heterocycles. The Bertz CT molecular complexity index is 300. The van der Waals surface area contributed by atoms with Crippen molar-refractivity contribution < 1.29 is 9.90 Å². The largest absolute Gasteiger partial charge is 0.478 e. The molecule has 0 unspecified atom stereocenters. The van der Waals surface area contributed by atoms with Gasteiger partial charge in [-0.05, 0) is 19.9 Å². The number of nitrogens with one attached hydrogen (secondary N) is 1. The van der Waals surface area contributed by atoms with Crippen molar-refractivity contribution in [1.82, 2.24) is 5.32 Å². The molecule has 0 aromatic heterocycles. The molecule has 0 saturated heterocycles. The van der Waals surface area contributed by atoms with E-state index in [0.29, 0.717) is 12.0 Å². The van der Waals surface area contributed by atoms with Crippen LogP contribution in [0.5, 0.6) is 0 Å². The van der Waals surface area contributed by atoms with Gasteiger partial charge in [0.25, 0.3) is 0 Å². The summed E-state index contributed by atoms with van der Waals surface area (Å²) in [6.45, 7) is 0.817. The molecule has 3 heteroatoms. The van der Waals surface area contributed by atoms with Crippen LogP contribution in [-0.2, 0) is 4.79 Å². The minimum atomic E-state index is -0.836. The van der Waals surface area contributed by atoms with Crippen molar-refractivity contribution >= 4 is 5.97 Å². The SMILES string of the molecule is CNC/C1=C/C/C(C(=O)O)=C\C=C/C1. The molecule has 0 aliphatic heterocycles. The first-order chi connectivity index (χ1) is 6.74. The van der Waals surface area contributed by atoms with Crippen LogP contribution in [0.15, 0.2) is 35.5 Å². The number of rotatable bonds is 3. The van der Waals surface area contributed by atoms with Gasteiger partial charge in [0.1, 0.15) is 0 Å². The van der Waals surface area contributed by atoms with Crippen LogP contribution in [0.2, 0.25) is 0 Å². The number of aliphatic carboxylic acids is 1. The van der Waals surface area contributed by atoms with Gasteiger partial charge in [0.05, 0.1) is 0 Å². The molecule has 0 bridgehead atoms. The van der Waals surface area contributed by atoms with Gasteiger partial charge in [0.15, 0.2) is 0 Å². The summed E-state index contributed by atoms with van der Waals surface area (Å²) in [5.74, 6) is -0.836. The van der Waals surface area contributed by atoms with Crippen LogP contribution in [0, 0.1) is 0 Å². The highest BCUT2D eigenvalue weighted by atomic mass is 16.4. The van der Waals surface area contributed by atoms with E-state index in [2.05, 4.69) is 5.32 Å². The number of allylic oxidation sites excluding steroid dienone is 4. The molecule has 3 nitrogen and oxygen atoms in total. The van der Waals surface area contributed by atoms with Gasteiger partial charge in [0.2, 0.25) is 0 Å². The van der Waals surface area contributed by atoms with E-state index in [1.165, 1.54) is 5.57 Å². The second-order valence-electron chi connectivity index (χ2n) is 3.23. The van der Waals surface area contributed by atoms with Crippen LogP contribution in [0.4, 0.5) is 0 Å². The van der Waals surface area contributed by atoms with E-state index in [9.17, 15) is 4.79 Å². The lowest BCUT2D eigenvalue weighted by Gasteiger charge is -2.06. The fourth-order valence-corrected chi connectivity index (χ4v) is 1.34. The maximum absolute atomic E-state index is 10.7. The summed E-state index contributed by atoms with van der Waals surface area (Å²) >= 11 is 0. The van der Waals surface area contributed by atoms with E-state index >= 15 is 0 Å². The third-order valence-corrected chi connectivity index (χ3v) is 2.10. The van der Waals surface area contributed by atoms with Crippen LogP contribution < -0.4 is 5.32 Å². The highest BCUT2D eigenvalue weighted by molar-refractivity contribution is 5.87. The maximum Gasteiger partial charge on any atom is 0.331 e. The molecule has 0 spiro atoms. The Labute approximate surface area is 83.8 Å². The molecule has 1 rings (SSSR count).